The lowest BCUT2D eigenvalue weighted by Crippen LogP contribution is -2.48. The standard InChI is InChI=1S/C11H19NO2/c1-9(14-13)11-3-2-6-12(11)8-10(7-11)4-5-10/h9,13H,2-8H2,1H3. The highest BCUT2D eigenvalue weighted by Gasteiger charge is 2.62. The van der Waals surface area contributed by atoms with E-state index in [4.69, 9.17) is 5.26 Å². The molecule has 2 heterocycles. The van der Waals surface area contributed by atoms with Crippen molar-refractivity contribution in [3.63, 3.8) is 0 Å². The van der Waals surface area contributed by atoms with Crippen LogP contribution in [0.2, 0.25) is 0 Å². The predicted octanol–water partition coefficient (Wildman–Crippen LogP) is 1.88. The molecule has 0 amide bonds. The highest BCUT2D eigenvalue weighted by molar-refractivity contribution is 5.15. The molecule has 3 fully saturated rings. The Bertz CT molecular complexity index is 252. The van der Waals surface area contributed by atoms with Crippen LogP contribution in [0.3, 0.4) is 0 Å². The van der Waals surface area contributed by atoms with Gasteiger partial charge in [0, 0.05) is 6.54 Å². The van der Waals surface area contributed by atoms with E-state index in [1.165, 1.54) is 45.2 Å². The zero-order valence-corrected chi connectivity index (χ0v) is 8.83. The highest BCUT2D eigenvalue weighted by atomic mass is 17.1. The van der Waals surface area contributed by atoms with Crippen LogP contribution in [0.15, 0.2) is 0 Å². The summed E-state index contributed by atoms with van der Waals surface area (Å²) < 4.78 is 0. The minimum absolute atomic E-state index is 0.0232. The third-order valence-electron chi connectivity index (χ3n) is 4.75. The molecule has 3 heteroatoms. The number of nitrogens with zero attached hydrogens (tertiary/aromatic N) is 1. The summed E-state index contributed by atoms with van der Waals surface area (Å²) in [5.41, 5.74) is 0.790. The van der Waals surface area contributed by atoms with Crippen molar-refractivity contribution in [2.75, 3.05) is 13.1 Å². The summed E-state index contributed by atoms with van der Waals surface area (Å²) >= 11 is 0. The van der Waals surface area contributed by atoms with Gasteiger partial charge >= 0.3 is 0 Å². The SMILES string of the molecule is CC(OO)C12CCCN1CC1(CC1)C2. The molecular formula is C11H19NO2. The first kappa shape index (κ1) is 9.13. The maximum absolute atomic E-state index is 8.90. The maximum Gasteiger partial charge on any atom is 0.108 e. The first-order valence-electron chi connectivity index (χ1n) is 5.76. The van der Waals surface area contributed by atoms with Gasteiger partial charge in [0.25, 0.3) is 0 Å². The fourth-order valence-electron chi connectivity index (χ4n) is 3.72. The van der Waals surface area contributed by atoms with Gasteiger partial charge in [-0.2, -0.15) is 0 Å². The van der Waals surface area contributed by atoms with E-state index in [0.29, 0.717) is 5.41 Å². The van der Waals surface area contributed by atoms with Crippen molar-refractivity contribution in [3.05, 3.63) is 0 Å². The second-order valence-corrected chi connectivity index (χ2v) is 5.55. The predicted molar refractivity (Wildman–Crippen MR) is 53.0 cm³/mol. The van der Waals surface area contributed by atoms with E-state index in [1.807, 2.05) is 6.92 Å². The number of hydrogen-bond donors (Lipinski definition) is 1. The summed E-state index contributed by atoms with van der Waals surface area (Å²) in [6.45, 7) is 4.47. The third kappa shape index (κ3) is 1.03. The Kier molecular flexibility index (Phi) is 1.77. The van der Waals surface area contributed by atoms with E-state index >= 15 is 0 Å². The Morgan fingerprint density at radius 1 is 1.36 bits per heavy atom. The van der Waals surface area contributed by atoms with Crippen molar-refractivity contribution >= 4 is 0 Å². The molecule has 0 aromatic rings. The van der Waals surface area contributed by atoms with Crippen LogP contribution in [0.4, 0.5) is 0 Å². The van der Waals surface area contributed by atoms with Crippen LogP contribution in [0.1, 0.15) is 39.0 Å². The quantitative estimate of drug-likeness (QED) is 0.542. The largest absolute Gasteiger partial charge is 0.294 e. The number of rotatable bonds is 2. The second-order valence-electron chi connectivity index (χ2n) is 5.55. The Morgan fingerprint density at radius 2 is 2.14 bits per heavy atom. The van der Waals surface area contributed by atoms with Crippen LogP contribution < -0.4 is 0 Å². The van der Waals surface area contributed by atoms with Gasteiger partial charge in [-0.3, -0.25) is 10.2 Å². The lowest BCUT2D eigenvalue weighted by Gasteiger charge is -2.35. The van der Waals surface area contributed by atoms with E-state index in [1.54, 1.807) is 0 Å². The average molecular weight is 197 g/mol. The van der Waals surface area contributed by atoms with Crippen molar-refractivity contribution < 1.29 is 10.1 Å². The van der Waals surface area contributed by atoms with E-state index in [9.17, 15) is 0 Å². The molecule has 0 aromatic carbocycles. The van der Waals surface area contributed by atoms with Crippen LogP contribution in [-0.4, -0.2) is 34.9 Å². The normalized spacial score (nSPS) is 41.6. The van der Waals surface area contributed by atoms with Gasteiger partial charge in [-0.15, -0.1) is 0 Å². The van der Waals surface area contributed by atoms with E-state index < -0.39 is 0 Å². The minimum Gasteiger partial charge on any atom is -0.294 e. The fraction of sp³-hybridized carbons (Fsp3) is 1.00. The molecule has 3 nitrogen and oxygen atoms in total. The van der Waals surface area contributed by atoms with Gasteiger partial charge < -0.3 is 0 Å². The topological polar surface area (TPSA) is 32.7 Å². The van der Waals surface area contributed by atoms with Crippen LogP contribution in [0.25, 0.3) is 0 Å². The molecule has 0 radical (unpaired) electrons. The first-order chi connectivity index (χ1) is 6.71. The molecule has 14 heavy (non-hydrogen) atoms. The maximum atomic E-state index is 8.90. The summed E-state index contributed by atoms with van der Waals surface area (Å²) in [5, 5.41) is 8.90. The molecular weight excluding hydrogens is 178 g/mol. The van der Waals surface area contributed by atoms with Gasteiger partial charge in [0.15, 0.2) is 0 Å². The minimum atomic E-state index is -0.0232. The molecule has 2 atom stereocenters. The van der Waals surface area contributed by atoms with Crippen LogP contribution in [-0.2, 0) is 4.89 Å². The Morgan fingerprint density at radius 3 is 2.79 bits per heavy atom. The van der Waals surface area contributed by atoms with Crippen molar-refractivity contribution in [2.45, 2.75) is 50.7 Å². The van der Waals surface area contributed by atoms with Gasteiger partial charge in [-0.05, 0) is 51.0 Å². The molecule has 1 saturated carbocycles. The first-order valence-corrected chi connectivity index (χ1v) is 5.76. The average Bonchev–Trinajstić information content (AvgIpc) is 2.66. The van der Waals surface area contributed by atoms with E-state index in [2.05, 4.69) is 9.79 Å². The molecule has 3 rings (SSSR count). The third-order valence-corrected chi connectivity index (χ3v) is 4.75. The van der Waals surface area contributed by atoms with Gasteiger partial charge in [-0.1, -0.05) is 0 Å². The molecule has 2 unspecified atom stereocenters. The lowest BCUT2D eigenvalue weighted by molar-refractivity contribution is -0.295. The molecule has 0 aromatic heterocycles. The van der Waals surface area contributed by atoms with Gasteiger partial charge in [0.1, 0.15) is 6.10 Å². The monoisotopic (exact) mass is 197 g/mol. The summed E-state index contributed by atoms with van der Waals surface area (Å²) in [4.78, 5) is 7.19. The zero-order valence-electron chi connectivity index (χ0n) is 8.83. The molecule has 0 bridgehead atoms. The van der Waals surface area contributed by atoms with Gasteiger partial charge in [-0.25, -0.2) is 4.89 Å². The molecule has 2 saturated heterocycles. The number of hydrogen-bond acceptors (Lipinski definition) is 3. The molecule has 80 valence electrons. The van der Waals surface area contributed by atoms with Gasteiger partial charge in [0.05, 0.1) is 5.54 Å². The van der Waals surface area contributed by atoms with Crippen molar-refractivity contribution in [1.29, 1.82) is 0 Å². The number of fused-ring (bicyclic) bond motifs is 1. The van der Waals surface area contributed by atoms with Crippen molar-refractivity contribution in [1.82, 2.24) is 4.90 Å². The molecule has 1 N–H and O–H groups in total. The fourth-order valence-corrected chi connectivity index (χ4v) is 3.72. The molecule has 2 aliphatic heterocycles. The summed E-state index contributed by atoms with van der Waals surface area (Å²) in [6, 6.07) is 0. The smallest absolute Gasteiger partial charge is 0.108 e. The molecule has 1 spiro atoms. The van der Waals surface area contributed by atoms with Crippen molar-refractivity contribution in [2.24, 2.45) is 5.41 Å². The van der Waals surface area contributed by atoms with E-state index in [-0.39, 0.29) is 11.6 Å². The Labute approximate surface area is 85.0 Å². The van der Waals surface area contributed by atoms with Crippen LogP contribution >= 0.6 is 0 Å². The lowest BCUT2D eigenvalue weighted by atomic mass is 9.84. The highest BCUT2D eigenvalue weighted by Crippen LogP contribution is 2.61. The summed E-state index contributed by atoms with van der Waals surface area (Å²) in [5.74, 6) is 0. The second kappa shape index (κ2) is 2.71. The molecule has 3 aliphatic rings. The Balaban J connectivity index is 1.87. The van der Waals surface area contributed by atoms with Crippen LogP contribution in [0.5, 0.6) is 0 Å². The summed E-state index contributed by atoms with van der Waals surface area (Å²) in [7, 11) is 0. The summed E-state index contributed by atoms with van der Waals surface area (Å²) in [6.07, 6.45) is 6.49. The zero-order chi connectivity index (χ0) is 9.81. The molecule has 1 aliphatic carbocycles. The Hall–Kier alpha value is -0.120. The van der Waals surface area contributed by atoms with Crippen molar-refractivity contribution in [3.8, 4) is 0 Å². The van der Waals surface area contributed by atoms with Crippen LogP contribution in [0, 0.1) is 5.41 Å². The van der Waals surface area contributed by atoms with E-state index in [0.717, 1.165) is 0 Å². The van der Waals surface area contributed by atoms with Gasteiger partial charge in [0.2, 0.25) is 0 Å².